The Labute approximate surface area is 135 Å². The van der Waals surface area contributed by atoms with Crippen LogP contribution in [0.4, 0.5) is 28.0 Å². The number of nitrogens with zero attached hydrogens (tertiary/aromatic N) is 2. The molecular weight excluding hydrogens is 330 g/mol. The molecule has 1 N–H and O–H groups in total. The van der Waals surface area contributed by atoms with Gasteiger partial charge in [0.05, 0.1) is 23.3 Å². The zero-order valence-corrected chi connectivity index (χ0v) is 13.4. The molecule has 1 aromatic carbocycles. The van der Waals surface area contributed by atoms with E-state index in [1.807, 2.05) is 0 Å². The Morgan fingerprint density at radius 1 is 1.38 bits per heavy atom. The number of hydrogen-bond acceptors (Lipinski definition) is 3. The van der Waals surface area contributed by atoms with Crippen LogP contribution in [0, 0.1) is 5.82 Å². The van der Waals surface area contributed by atoms with Crippen molar-refractivity contribution in [2.45, 2.75) is 39.4 Å². The minimum atomic E-state index is -4.67. The van der Waals surface area contributed by atoms with Crippen molar-refractivity contribution in [2.75, 3.05) is 11.9 Å². The predicted octanol–water partition coefficient (Wildman–Crippen LogP) is 4.73. The Bertz CT molecular complexity index is 755. The molecule has 1 heterocycles. The van der Waals surface area contributed by atoms with Gasteiger partial charge in [0, 0.05) is 12.1 Å². The number of nitrogens with one attached hydrogen (secondary N) is 1. The maximum atomic E-state index is 14.0. The average molecular weight is 347 g/mol. The molecule has 0 aliphatic heterocycles. The molecule has 0 aliphatic rings. The number of hydrogen-bond donors (Lipinski definition) is 1. The normalized spacial score (nSPS) is 13.1. The second kappa shape index (κ2) is 6.66. The van der Waals surface area contributed by atoms with Crippen LogP contribution in [0.2, 0.25) is 0 Å². The van der Waals surface area contributed by atoms with Gasteiger partial charge in [0.25, 0.3) is 0 Å². The van der Waals surface area contributed by atoms with E-state index in [-0.39, 0.29) is 23.3 Å². The fourth-order valence-corrected chi connectivity index (χ4v) is 2.32. The molecule has 9 heteroatoms. The van der Waals surface area contributed by atoms with Crippen molar-refractivity contribution in [1.29, 1.82) is 0 Å². The molecule has 2 rings (SSSR count). The minimum absolute atomic E-state index is 0.0821. The van der Waals surface area contributed by atoms with E-state index in [4.69, 9.17) is 0 Å². The number of anilines is 1. The monoisotopic (exact) mass is 347 g/mol. The van der Waals surface area contributed by atoms with E-state index in [1.165, 1.54) is 0 Å². The molecule has 5 nitrogen and oxygen atoms in total. The molecule has 24 heavy (non-hydrogen) atoms. The van der Waals surface area contributed by atoms with Crippen molar-refractivity contribution >= 4 is 22.8 Å². The first kappa shape index (κ1) is 18.0. The summed E-state index contributed by atoms with van der Waals surface area (Å²) in [7, 11) is 0. The van der Waals surface area contributed by atoms with Crippen LogP contribution in [0.1, 0.15) is 39.1 Å². The highest BCUT2D eigenvalue weighted by Crippen LogP contribution is 2.36. The third-order valence-electron chi connectivity index (χ3n) is 3.58. The van der Waals surface area contributed by atoms with Crippen LogP contribution < -0.4 is 5.32 Å². The molecule has 132 valence electrons. The quantitative estimate of drug-likeness (QED) is 0.813. The van der Waals surface area contributed by atoms with E-state index < -0.39 is 30.0 Å². The van der Waals surface area contributed by atoms with Crippen LogP contribution in [-0.4, -0.2) is 22.3 Å². The summed E-state index contributed by atoms with van der Waals surface area (Å²) in [6, 6.07) is 1.49. The molecule has 1 amide bonds. The van der Waals surface area contributed by atoms with Crippen LogP contribution in [-0.2, 0) is 10.9 Å². The third-order valence-corrected chi connectivity index (χ3v) is 3.58. The Morgan fingerprint density at radius 2 is 2.04 bits per heavy atom. The summed E-state index contributed by atoms with van der Waals surface area (Å²) in [5.74, 6) is -1.99. The molecule has 0 saturated heterocycles. The average Bonchev–Trinajstić information content (AvgIpc) is 2.85. The maximum absolute atomic E-state index is 14.0. The number of aromatic nitrogens is 2. The van der Waals surface area contributed by atoms with Crippen molar-refractivity contribution in [1.82, 2.24) is 9.55 Å². The number of alkyl halides is 3. The van der Waals surface area contributed by atoms with Gasteiger partial charge in [-0.25, -0.2) is 14.2 Å². The van der Waals surface area contributed by atoms with Crippen molar-refractivity contribution in [3.63, 3.8) is 0 Å². The van der Waals surface area contributed by atoms with E-state index in [9.17, 15) is 22.4 Å². The van der Waals surface area contributed by atoms with Gasteiger partial charge in [-0.3, -0.25) is 5.32 Å². The number of carbonyl (C=O) groups is 1. The molecule has 1 atom stereocenters. The number of rotatable bonds is 4. The van der Waals surface area contributed by atoms with Crippen LogP contribution in [0.5, 0.6) is 0 Å². The molecule has 0 fully saturated rings. The lowest BCUT2D eigenvalue weighted by Crippen LogP contribution is -2.17. The Balaban J connectivity index is 2.63. The first-order valence-electron chi connectivity index (χ1n) is 7.41. The molecule has 0 bridgehead atoms. The van der Waals surface area contributed by atoms with Gasteiger partial charge in [-0.1, -0.05) is 6.92 Å². The summed E-state index contributed by atoms with van der Waals surface area (Å²) in [5.41, 5.74) is -0.307. The van der Waals surface area contributed by atoms with Crippen molar-refractivity contribution < 1.29 is 27.1 Å². The molecular formula is C15H17F4N3O2. The Morgan fingerprint density at radius 3 is 2.58 bits per heavy atom. The van der Waals surface area contributed by atoms with Gasteiger partial charge in [-0.05, 0) is 26.3 Å². The molecule has 0 radical (unpaired) electrons. The number of fused-ring (bicyclic) bond motifs is 1. The number of carbonyl (C=O) groups excluding carboxylic acids is 1. The second-order valence-corrected chi connectivity index (χ2v) is 5.23. The number of halogens is 4. The Kier molecular flexibility index (Phi) is 5.00. The fraction of sp³-hybridized carbons (Fsp3) is 0.467. The van der Waals surface area contributed by atoms with Crippen molar-refractivity contribution in [3.8, 4) is 0 Å². The number of ether oxygens (including phenoxy) is 1. The van der Waals surface area contributed by atoms with Gasteiger partial charge in [0.15, 0.2) is 0 Å². The molecule has 2 aromatic rings. The molecule has 0 spiro atoms. The van der Waals surface area contributed by atoms with Gasteiger partial charge < -0.3 is 9.30 Å². The standard InChI is InChI=1S/C15H17F4N3O2/c1-4-8(3)22-12-7-10(21-14(23)24-5-2)9(16)6-11(12)20-13(22)15(17,18)19/h6-8H,4-5H2,1-3H3,(H,21,23). The molecule has 0 aliphatic carbocycles. The van der Waals surface area contributed by atoms with Crippen molar-refractivity contribution in [3.05, 3.63) is 23.8 Å². The van der Waals surface area contributed by atoms with Gasteiger partial charge >= 0.3 is 12.3 Å². The molecule has 1 unspecified atom stereocenters. The number of benzene rings is 1. The van der Waals surface area contributed by atoms with Gasteiger partial charge in [0.1, 0.15) is 5.82 Å². The van der Waals surface area contributed by atoms with E-state index in [0.29, 0.717) is 6.42 Å². The highest BCUT2D eigenvalue weighted by atomic mass is 19.4. The van der Waals surface area contributed by atoms with Crippen LogP contribution in [0.25, 0.3) is 11.0 Å². The lowest BCUT2D eigenvalue weighted by atomic mass is 10.2. The first-order chi connectivity index (χ1) is 11.2. The highest BCUT2D eigenvalue weighted by molar-refractivity contribution is 5.89. The smallest absolute Gasteiger partial charge is 0.449 e. The van der Waals surface area contributed by atoms with Gasteiger partial charge in [0.2, 0.25) is 5.82 Å². The Hall–Kier alpha value is -2.32. The molecule has 1 aromatic heterocycles. The second-order valence-electron chi connectivity index (χ2n) is 5.23. The maximum Gasteiger partial charge on any atom is 0.449 e. The zero-order valence-electron chi connectivity index (χ0n) is 13.4. The summed E-state index contributed by atoms with van der Waals surface area (Å²) >= 11 is 0. The van der Waals surface area contributed by atoms with Crippen molar-refractivity contribution in [2.24, 2.45) is 0 Å². The topological polar surface area (TPSA) is 56.1 Å². The number of amides is 1. The van der Waals surface area contributed by atoms with Gasteiger partial charge in [-0.15, -0.1) is 0 Å². The lowest BCUT2D eigenvalue weighted by molar-refractivity contribution is -0.147. The summed E-state index contributed by atoms with van der Waals surface area (Å²) in [4.78, 5) is 15.0. The number of imidazole rings is 1. The fourth-order valence-electron chi connectivity index (χ4n) is 2.32. The first-order valence-corrected chi connectivity index (χ1v) is 7.41. The van der Waals surface area contributed by atoms with Gasteiger partial charge in [-0.2, -0.15) is 13.2 Å². The summed E-state index contributed by atoms with van der Waals surface area (Å²) in [5, 5.41) is 2.18. The zero-order chi connectivity index (χ0) is 18.1. The lowest BCUT2D eigenvalue weighted by Gasteiger charge is -2.17. The minimum Gasteiger partial charge on any atom is -0.450 e. The summed E-state index contributed by atoms with van der Waals surface area (Å²) < 4.78 is 59.4. The summed E-state index contributed by atoms with van der Waals surface area (Å²) in [6.45, 7) is 5.00. The summed E-state index contributed by atoms with van der Waals surface area (Å²) in [6.07, 6.45) is -5.14. The SMILES string of the molecule is CCOC(=O)Nc1cc2c(cc1F)nc(C(F)(F)F)n2C(C)CC. The van der Waals surface area contributed by atoms with Crippen LogP contribution in [0.3, 0.4) is 0 Å². The van der Waals surface area contributed by atoms with E-state index in [2.05, 4.69) is 15.0 Å². The van der Waals surface area contributed by atoms with E-state index >= 15 is 0 Å². The highest BCUT2D eigenvalue weighted by Gasteiger charge is 2.38. The third kappa shape index (κ3) is 3.44. The predicted molar refractivity (Wildman–Crippen MR) is 80.3 cm³/mol. The largest absolute Gasteiger partial charge is 0.450 e. The molecule has 0 saturated carbocycles. The van der Waals surface area contributed by atoms with E-state index in [0.717, 1.165) is 16.7 Å². The van der Waals surface area contributed by atoms with E-state index in [1.54, 1.807) is 20.8 Å². The van der Waals surface area contributed by atoms with Crippen LogP contribution in [0.15, 0.2) is 12.1 Å². The van der Waals surface area contributed by atoms with Crippen LogP contribution >= 0.6 is 0 Å².